The first-order valence-electron chi connectivity index (χ1n) is 12.1. The van der Waals surface area contributed by atoms with Gasteiger partial charge in [-0.3, -0.25) is 24.2 Å². The largest absolute Gasteiger partial charge is 0.416 e. The van der Waals surface area contributed by atoms with Gasteiger partial charge in [0.05, 0.1) is 22.3 Å². The Morgan fingerprint density at radius 2 is 1.65 bits per heavy atom. The minimum atomic E-state index is -4.38. The van der Waals surface area contributed by atoms with E-state index in [1.165, 1.54) is 18.2 Å². The molecule has 37 heavy (non-hydrogen) atoms. The number of benzene rings is 2. The van der Waals surface area contributed by atoms with E-state index in [2.05, 4.69) is 16.8 Å². The second-order valence-corrected chi connectivity index (χ2v) is 9.89. The monoisotopic (exact) mass is 513 g/mol. The highest BCUT2D eigenvalue weighted by Gasteiger charge is 2.45. The van der Waals surface area contributed by atoms with Crippen molar-refractivity contribution in [2.24, 2.45) is 0 Å². The zero-order valence-corrected chi connectivity index (χ0v) is 20.0. The molecule has 2 saturated heterocycles. The number of halogens is 3. The van der Waals surface area contributed by atoms with E-state index in [-0.39, 0.29) is 11.1 Å². The Morgan fingerprint density at radius 1 is 1.00 bits per heavy atom. The van der Waals surface area contributed by atoms with Gasteiger partial charge < -0.3 is 10.4 Å². The summed E-state index contributed by atoms with van der Waals surface area (Å²) in [7, 11) is 0. The molecular weight excluding hydrogens is 487 g/mol. The number of fused-ring (bicyclic) bond motifs is 1. The summed E-state index contributed by atoms with van der Waals surface area (Å²) in [6, 6.07) is 8.85. The van der Waals surface area contributed by atoms with Crippen molar-refractivity contribution in [3.05, 3.63) is 82.6 Å². The van der Waals surface area contributed by atoms with Crippen LogP contribution in [0.15, 0.2) is 54.7 Å². The highest BCUT2D eigenvalue weighted by Crippen LogP contribution is 2.37. The van der Waals surface area contributed by atoms with Crippen molar-refractivity contribution in [2.75, 3.05) is 13.1 Å². The summed E-state index contributed by atoms with van der Waals surface area (Å²) in [5.74, 6) is -1.53. The van der Waals surface area contributed by atoms with E-state index in [0.717, 1.165) is 22.6 Å². The number of carbonyl (C=O) groups is 3. The molecule has 1 unspecified atom stereocenters. The molecule has 3 heterocycles. The topological polar surface area (TPSA) is 90.0 Å². The lowest BCUT2D eigenvalue weighted by atomic mass is 9.83. The number of piperidine rings is 2. The van der Waals surface area contributed by atoms with Crippen LogP contribution in [0, 0.1) is 0 Å². The number of hydrogen-bond acceptors (Lipinski definition) is 5. The smallest absolute Gasteiger partial charge is 0.385 e. The SMILES string of the molecule is C=C1CCC(N2C(=O)c3ccc(C4(O)CCN(Cc5ccc(C(F)(F)F)cc5)CC4)cc3C2=O)C(=O)N1. The average molecular weight is 514 g/mol. The molecule has 7 nitrogen and oxygen atoms in total. The number of rotatable bonds is 4. The Kier molecular flexibility index (Phi) is 6.19. The first kappa shape index (κ1) is 25.2. The summed E-state index contributed by atoms with van der Waals surface area (Å²) in [6.07, 6.45) is -2.90. The van der Waals surface area contributed by atoms with Crippen LogP contribution in [0.4, 0.5) is 13.2 Å². The summed E-state index contributed by atoms with van der Waals surface area (Å²) < 4.78 is 38.4. The number of carbonyl (C=O) groups excluding carboxylic acids is 3. The second-order valence-electron chi connectivity index (χ2n) is 9.89. The number of allylic oxidation sites excluding steroid dienone is 1. The van der Waals surface area contributed by atoms with Gasteiger partial charge in [-0.2, -0.15) is 13.2 Å². The summed E-state index contributed by atoms with van der Waals surface area (Å²) >= 11 is 0. The van der Waals surface area contributed by atoms with E-state index in [1.807, 2.05) is 0 Å². The van der Waals surface area contributed by atoms with Gasteiger partial charge in [-0.15, -0.1) is 0 Å². The van der Waals surface area contributed by atoms with Gasteiger partial charge in [-0.1, -0.05) is 24.8 Å². The van der Waals surface area contributed by atoms with Crippen LogP contribution in [0.2, 0.25) is 0 Å². The molecule has 0 bridgehead atoms. The van der Waals surface area contributed by atoms with Crippen molar-refractivity contribution in [1.29, 1.82) is 0 Å². The first-order valence-corrected chi connectivity index (χ1v) is 12.1. The van der Waals surface area contributed by atoms with Gasteiger partial charge in [-0.05, 0) is 61.1 Å². The van der Waals surface area contributed by atoms with Crippen LogP contribution in [0.3, 0.4) is 0 Å². The highest BCUT2D eigenvalue weighted by atomic mass is 19.4. The van der Waals surface area contributed by atoms with Crippen LogP contribution in [0.25, 0.3) is 0 Å². The molecule has 2 N–H and O–H groups in total. The zero-order chi connectivity index (χ0) is 26.5. The Labute approximate surface area is 211 Å². The molecule has 2 aromatic rings. The van der Waals surface area contributed by atoms with E-state index in [1.54, 1.807) is 12.1 Å². The van der Waals surface area contributed by atoms with Gasteiger partial charge in [0.25, 0.3) is 11.8 Å². The van der Waals surface area contributed by atoms with Crippen molar-refractivity contribution >= 4 is 17.7 Å². The van der Waals surface area contributed by atoms with Crippen molar-refractivity contribution in [1.82, 2.24) is 15.1 Å². The van der Waals surface area contributed by atoms with Gasteiger partial charge in [-0.25, -0.2) is 0 Å². The maximum absolute atomic E-state index is 13.2. The molecule has 2 aromatic carbocycles. The molecule has 0 aliphatic carbocycles. The number of alkyl halides is 3. The van der Waals surface area contributed by atoms with E-state index in [0.29, 0.717) is 56.6 Å². The first-order chi connectivity index (χ1) is 17.5. The minimum absolute atomic E-state index is 0.167. The number of nitrogens with zero attached hydrogens (tertiary/aromatic N) is 2. The molecule has 1 atom stereocenters. The summed E-state index contributed by atoms with van der Waals surface area (Å²) in [4.78, 5) is 41.6. The third-order valence-corrected chi connectivity index (χ3v) is 7.46. The van der Waals surface area contributed by atoms with Gasteiger partial charge >= 0.3 is 6.18 Å². The molecule has 10 heteroatoms. The van der Waals surface area contributed by atoms with Crippen LogP contribution in [0.1, 0.15) is 63.1 Å². The predicted octanol–water partition coefficient (Wildman–Crippen LogP) is 3.58. The molecule has 3 aliphatic heterocycles. The summed E-state index contributed by atoms with van der Waals surface area (Å²) in [5, 5.41) is 14.0. The zero-order valence-electron chi connectivity index (χ0n) is 20.0. The molecule has 0 spiro atoms. The fourth-order valence-corrected chi connectivity index (χ4v) is 5.27. The number of likely N-dealkylation sites (tertiary alicyclic amines) is 1. The van der Waals surface area contributed by atoms with Crippen molar-refractivity contribution in [2.45, 2.75) is 50.0 Å². The van der Waals surface area contributed by atoms with Gasteiger partial charge in [0, 0.05) is 25.3 Å². The lowest BCUT2D eigenvalue weighted by molar-refractivity contribution is -0.137. The molecule has 3 aliphatic rings. The summed E-state index contributed by atoms with van der Waals surface area (Å²) in [6.45, 7) is 5.18. The van der Waals surface area contributed by atoms with E-state index in [4.69, 9.17) is 0 Å². The number of aliphatic hydroxyl groups is 1. The molecule has 3 amide bonds. The van der Waals surface area contributed by atoms with E-state index >= 15 is 0 Å². The van der Waals surface area contributed by atoms with Gasteiger partial charge in [0.2, 0.25) is 5.91 Å². The molecule has 2 fully saturated rings. The normalized spacial score (nSPS) is 22.3. The Hall–Kier alpha value is -3.50. The van der Waals surface area contributed by atoms with E-state index in [9.17, 15) is 32.7 Å². The summed E-state index contributed by atoms with van der Waals surface area (Å²) in [5.41, 5.74) is 0.270. The quantitative estimate of drug-likeness (QED) is 0.611. The standard InChI is InChI=1S/C27H26F3N3O4/c1-16-2-9-22(23(34)31-16)33-24(35)20-8-7-19(14-21(20)25(33)36)26(37)10-12-32(13-11-26)15-17-3-5-18(6-4-17)27(28,29)30/h3-8,14,22,37H,1-2,9-13,15H2,(H,31,34). The average Bonchev–Trinajstić information content (AvgIpc) is 3.10. The van der Waals surface area contributed by atoms with E-state index < -0.39 is 41.1 Å². The minimum Gasteiger partial charge on any atom is -0.385 e. The molecule has 5 rings (SSSR count). The lowest BCUT2D eigenvalue weighted by Crippen LogP contribution is -2.51. The van der Waals surface area contributed by atoms with Crippen LogP contribution in [-0.2, 0) is 23.1 Å². The Balaban J connectivity index is 1.27. The second kappa shape index (κ2) is 9.11. The highest BCUT2D eigenvalue weighted by molar-refractivity contribution is 6.23. The van der Waals surface area contributed by atoms with Crippen LogP contribution >= 0.6 is 0 Å². The van der Waals surface area contributed by atoms with Gasteiger partial charge in [0.1, 0.15) is 6.04 Å². The van der Waals surface area contributed by atoms with Crippen molar-refractivity contribution in [3.8, 4) is 0 Å². The molecule has 0 saturated carbocycles. The van der Waals surface area contributed by atoms with Crippen LogP contribution in [-0.4, -0.2) is 51.8 Å². The molecule has 194 valence electrons. The molecule has 0 radical (unpaired) electrons. The third kappa shape index (κ3) is 4.67. The lowest BCUT2D eigenvalue weighted by Gasteiger charge is -2.38. The fourth-order valence-electron chi connectivity index (χ4n) is 5.27. The van der Waals surface area contributed by atoms with Gasteiger partial charge in [0.15, 0.2) is 0 Å². The predicted molar refractivity (Wildman–Crippen MR) is 127 cm³/mol. The number of imide groups is 1. The third-order valence-electron chi connectivity index (χ3n) is 7.46. The maximum atomic E-state index is 13.2. The van der Waals surface area contributed by atoms with Crippen molar-refractivity contribution in [3.63, 3.8) is 0 Å². The Morgan fingerprint density at radius 3 is 2.27 bits per heavy atom. The number of hydrogen-bond donors (Lipinski definition) is 2. The number of nitrogens with one attached hydrogen (secondary N) is 1. The van der Waals surface area contributed by atoms with Crippen LogP contribution in [0.5, 0.6) is 0 Å². The fraction of sp³-hybridized carbons (Fsp3) is 0.370. The number of amides is 3. The molecular formula is C27H26F3N3O4. The maximum Gasteiger partial charge on any atom is 0.416 e. The Bertz CT molecular complexity index is 1280. The van der Waals surface area contributed by atoms with Crippen LogP contribution < -0.4 is 5.32 Å². The molecule has 0 aromatic heterocycles. The van der Waals surface area contributed by atoms with Crippen molar-refractivity contribution < 1.29 is 32.7 Å².